The molecule has 198 valence electrons. The SMILES string of the molecule is CCCCCc1cc2c(c(O)c1C(=O)OC(C)(C)C1CC=C(C)CC1)C1C=C(C)CCC1C(C)(C)O2. The lowest BCUT2D eigenvalue weighted by Gasteiger charge is -2.46. The maximum atomic E-state index is 13.8. The van der Waals surface area contributed by atoms with Crippen molar-refractivity contribution in [1.29, 1.82) is 0 Å². The third kappa shape index (κ3) is 5.24. The van der Waals surface area contributed by atoms with Crippen LogP contribution in [0.15, 0.2) is 29.4 Å². The fraction of sp³-hybridized carbons (Fsp3) is 0.656. The highest BCUT2D eigenvalue weighted by atomic mass is 16.6. The normalized spacial score (nSPS) is 25.1. The van der Waals surface area contributed by atoms with Crippen LogP contribution in [0.25, 0.3) is 0 Å². The van der Waals surface area contributed by atoms with Gasteiger partial charge < -0.3 is 14.6 Å². The number of phenolic OH excluding ortho intramolecular Hbond substituents is 1. The average molecular weight is 495 g/mol. The van der Waals surface area contributed by atoms with Crippen molar-refractivity contribution in [2.75, 3.05) is 0 Å². The Morgan fingerprint density at radius 3 is 2.56 bits per heavy atom. The van der Waals surface area contributed by atoms with Gasteiger partial charge in [-0.25, -0.2) is 4.79 Å². The van der Waals surface area contributed by atoms with Crippen molar-refractivity contribution in [2.24, 2.45) is 11.8 Å². The van der Waals surface area contributed by atoms with E-state index >= 15 is 0 Å². The molecule has 0 fully saturated rings. The number of ether oxygens (including phenoxy) is 2. The summed E-state index contributed by atoms with van der Waals surface area (Å²) in [6, 6.07) is 2.02. The van der Waals surface area contributed by atoms with Gasteiger partial charge in [-0.3, -0.25) is 0 Å². The first-order valence-corrected chi connectivity index (χ1v) is 14.1. The third-order valence-electron chi connectivity index (χ3n) is 8.96. The third-order valence-corrected chi connectivity index (χ3v) is 8.96. The minimum absolute atomic E-state index is 0.0354. The second-order valence-corrected chi connectivity index (χ2v) is 12.5. The Morgan fingerprint density at radius 1 is 1.17 bits per heavy atom. The molecule has 1 aromatic rings. The summed E-state index contributed by atoms with van der Waals surface area (Å²) < 4.78 is 12.8. The van der Waals surface area contributed by atoms with Gasteiger partial charge in [0.1, 0.15) is 28.3 Å². The maximum Gasteiger partial charge on any atom is 0.342 e. The second-order valence-electron chi connectivity index (χ2n) is 12.5. The van der Waals surface area contributed by atoms with Gasteiger partial charge in [-0.2, -0.15) is 0 Å². The summed E-state index contributed by atoms with van der Waals surface area (Å²) in [4.78, 5) is 13.8. The monoisotopic (exact) mass is 494 g/mol. The number of carbonyl (C=O) groups is 1. The van der Waals surface area contributed by atoms with E-state index in [4.69, 9.17) is 9.47 Å². The molecule has 0 spiro atoms. The Morgan fingerprint density at radius 2 is 1.89 bits per heavy atom. The van der Waals surface area contributed by atoms with Crippen molar-refractivity contribution < 1.29 is 19.4 Å². The number of hydrogen-bond donors (Lipinski definition) is 1. The standard InChI is InChI=1S/C32H46O4/c1-8-9-10-11-22-19-26-28(24-18-21(3)14-17-25(24)32(6,7)35-26)29(33)27(22)30(34)36-31(4,5)23-15-12-20(2)13-16-23/h12,18-19,23-25,33H,8-11,13-17H2,1-7H3. The molecule has 0 radical (unpaired) electrons. The summed E-state index contributed by atoms with van der Waals surface area (Å²) in [6.45, 7) is 14.8. The highest BCUT2D eigenvalue weighted by Crippen LogP contribution is 2.54. The number of fused-ring (bicyclic) bond motifs is 3. The van der Waals surface area contributed by atoms with Crippen LogP contribution in [0.3, 0.4) is 0 Å². The van der Waals surface area contributed by atoms with Crippen LogP contribution in [0.4, 0.5) is 0 Å². The van der Waals surface area contributed by atoms with E-state index in [9.17, 15) is 9.90 Å². The molecule has 2 aliphatic carbocycles. The molecule has 4 heteroatoms. The van der Waals surface area contributed by atoms with Crippen LogP contribution >= 0.6 is 0 Å². The van der Waals surface area contributed by atoms with E-state index in [1.54, 1.807) is 0 Å². The summed E-state index contributed by atoms with van der Waals surface area (Å²) in [7, 11) is 0. The van der Waals surface area contributed by atoms with Gasteiger partial charge in [-0.05, 0) is 98.1 Å². The molecular weight excluding hydrogens is 448 g/mol. The number of rotatable bonds is 7. The molecule has 3 aliphatic rings. The number of carbonyl (C=O) groups excluding carboxylic acids is 1. The second kappa shape index (κ2) is 10.3. The van der Waals surface area contributed by atoms with Crippen LogP contribution in [0.2, 0.25) is 0 Å². The van der Waals surface area contributed by atoms with Crippen molar-refractivity contribution in [3.63, 3.8) is 0 Å². The molecule has 0 bridgehead atoms. The van der Waals surface area contributed by atoms with Gasteiger partial charge in [0.15, 0.2) is 0 Å². The molecule has 36 heavy (non-hydrogen) atoms. The fourth-order valence-corrected chi connectivity index (χ4v) is 6.57. The van der Waals surface area contributed by atoms with Crippen LogP contribution in [0, 0.1) is 11.8 Å². The van der Waals surface area contributed by atoms with Crippen molar-refractivity contribution in [3.05, 3.63) is 46.1 Å². The largest absolute Gasteiger partial charge is 0.507 e. The Labute approximate surface area is 218 Å². The van der Waals surface area contributed by atoms with Gasteiger partial charge in [0.2, 0.25) is 0 Å². The molecule has 1 N–H and O–H groups in total. The number of allylic oxidation sites excluding steroid dienone is 4. The first-order valence-electron chi connectivity index (χ1n) is 14.1. The van der Waals surface area contributed by atoms with Crippen LogP contribution in [-0.4, -0.2) is 22.3 Å². The molecular formula is C32H46O4. The van der Waals surface area contributed by atoms with Gasteiger partial charge in [-0.15, -0.1) is 0 Å². The van der Waals surface area contributed by atoms with Crippen molar-refractivity contribution in [2.45, 2.75) is 123 Å². The molecule has 4 rings (SSSR count). The van der Waals surface area contributed by atoms with Crippen molar-refractivity contribution in [3.8, 4) is 11.5 Å². The predicted molar refractivity (Wildman–Crippen MR) is 146 cm³/mol. The summed E-state index contributed by atoms with van der Waals surface area (Å²) in [5.41, 5.74) is 3.74. The lowest BCUT2D eigenvalue weighted by molar-refractivity contribution is -0.0326. The molecule has 1 heterocycles. The van der Waals surface area contributed by atoms with Crippen LogP contribution in [0.5, 0.6) is 11.5 Å². The summed E-state index contributed by atoms with van der Waals surface area (Å²) in [5.74, 6) is 0.939. The van der Waals surface area contributed by atoms with Crippen molar-refractivity contribution in [1.82, 2.24) is 0 Å². The van der Waals surface area contributed by atoms with Gasteiger partial charge in [0.25, 0.3) is 0 Å². The summed E-state index contributed by atoms with van der Waals surface area (Å²) >= 11 is 0. The first kappa shape index (κ1) is 26.8. The van der Waals surface area contributed by atoms with Gasteiger partial charge in [0, 0.05) is 23.3 Å². The van der Waals surface area contributed by atoms with Gasteiger partial charge in [0.05, 0.1) is 0 Å². The number of phenols is 1. The van der Waals surface area contributed by atoms with Gasteiger partial charge in [-0.1, -0.05) is 43.1 Å². The van der Waals surface area contributed by atoms with E-state index in [1.807, 2.05) is 19.9 Å². The lowest BCUT2D eigenvalue weighted by atomic mass is 9.67. The van der Waals surface area contributed by atoms with E-state index in [2.05, 4.69) is 46.8 Å². The number of aromatic hydroxyl groups is 1. The zero-order chi connectivity index (χ0) is 26.3. The quantitative estimate of drug-likeness (QED) is 0.235. The molecule has 1 aromatic carbocycles. The Hall–Kier alpha value is -2.23. The van der Waals surface area contributed by atoms with Crippen LogP contribution in [0.1, 0.15) is 127 Å². The minimum Gasteiger partial charge on any atom is -0.507 e. The summed E-state index contributed by atoms with van der Waals surface area (Å²) in [5, 5.41) is 11.8. The van der Waals surface area contributed by atoms with E-state index in [0.717, 1.165) is 74.7 Å². The number of benzene rings is 1. The Kier molecular flexibility index (Phi) is 7.65. The molecule has 1 aliphatic heterocycles. The smallest absolute Gasteiger partial charge is 0.342 e. The van der Waals surface area contributed by atoms with Crippen LogP contribution < -0.4 is 4.74 Å². The van der Waals surface area contributed by atoms with E-state index < -0.39 is 11.6 Å². The number of esters is 1. The predicted octanol–water partition coefficient (Wildman–Crippen LogP) is 8.42. The number of aryl methyl sites for hydroxylation is 1. The lowest BCUT2D eigenvalue weighted by Crippen LogP contribution is -2.45. The molecule has 0 aromatic heterocycles. The van der Waals surface area contributed by atoms with Crippen LogP contribution in [-0.2, 0) is 11.2 Å². The zero-order valence-corrected chi connectivity index (χ0v) is 23.5. The number of hydrogen-bond acceptors (Lipinski definition) is 4. The Bertz CT molecular complexity index is 1060. The highest BCUT2D eigenvalue weighted by Gasteiger charge is 2.46. The van der Waals surface area contributed by atoms with E-state index in [0.29, 0.717) is 5.56 Å². The fourth-order valence-electron chi connectivity index (χ4n) is 6.57. The van der Waals surface area contributed by atoms with E-state index in [-0.39, 0.29) is 29.1 Å². The minimum atomic E-state index is -0.611. The number of unbranched alkanes of at least 4 members (excludes halogenated alkanes) is 2. The molecule has 0 amide bonds. The van der Waals surface area contributed by atoms with Gasteiger partial charge >= 0.3 is 5.97 Å². The highest BCUT2D eigenvalue weighted by molar-refractivity contribution is 5.95. The average Bonchev–Trinajstić information content (AvgIpc) is 2.78. The first-order chi connectivity index (χ1) is 16.9. The summed E-state index contributed by atoms with van der Waals surface area (Å²) in [6.07, 6.45) is 13.4. The zero-order valence-electron chi connectivity index (χ0n) is 23.5. The molecule has 0 saturated heterocycles. The topological polar surface area (TPSA) is 55.8 Å². The van der Waals surface area contributed by atoms with Crippen molar-refractivity contribution >= 4 is 5.97 Å². The molecule has 3 unspecified atom stereocenters. The molecule has 3 atom stereocenters. The molecule has 4 nitrogen and oxygen atoms in total. The molecule has 0 saturated carbocycles. The Balaban J connectivity index is 1.75. The maximum absolute atomic E-state index is 13.8. The van der Waals surface area contributed by atoms with E-state index in [1.165, 1.54) is 11.1 Å².